The van der Waals surface area contributed by atoms with Crippen LogP contribution in [0.4, 0.5) is 5.82 Å². The second kappa shape index (κ2) is 7.34. The number of hydrogen-bond donors (Lipinski definition) is 1. The van der Waals surface area contributed by atoms with Crippen molar-refractivity contribution in [1.29, 1.82) is 0 Å². The first-order chi connectivity index (χ1) is 12.2. The van der Waals surface area contributed by atoms with Gasteiger partial charge in [0, 0.05) is 24.8 Å². The highest BCUT2D eigenvalue weighted by Gasteiger charge is 2.43. The van der Waals surface area contributed by atoms with Crippen LogP contribution in [0.1, 0.15) is 37.7 Å². The summed E-state index contributed by atoms with van der Waals surface area (Å²) in [6.07, 6.45) is 9.05. The highest BCUT2D eigenvalue weighted by atomic mass is 32.2. The molecule has 2 aromatic rings. The summed E-state index contributed by atoms with van der Waals surface area (Å²) in [6, 6.07) is 10.4. The third kappa shape index (κ3) is 3.82. The molecular formula is C20H25N3OS. The average molecular weight is 356 g/mol. The summed E-state index contributed by atoms with van der Waals surface area (Å²) in [5.41, 5.74) is 0.854. The Balaban J connectivity index is 1.43. The second-order valence-corrected chi connectivity index (χ2v) is 8.23. The van der Waals surface area contributed by atoms with E-state index in [9.17, 15) is 5.11 Å². The van der Waals surface area contributed by atoms with Crippen molar-refractivity contribution in [2.24, 2.45) is 5.92 Å². The van der Waals surface area contributed by atoms with Crippen LogP contribution in [0, 0.1) is 5.92 Å². The minimum Gasteiger partial charge on any atom is -0.389 e. The average Bonchev–Trinajstić information content (AvgIpc) is 2.67. The predicted octanol–water partition coefficient (Wildman–Crippen LogP) is 3.90. The normalized spacial score (nSPS) is 26.3. The van der Waals surface area contributed by atoms with Crippen molar-refractivity contribution < 1.29 is 5.11 Å². The summed E-state index contributed by atoms with van der Waals surface area (Å²) in [4.78, 5) is 11.5. The Kier molecular flexibility index (Phi) is 4.95. The van der Waals surface area contributed by atoms with E-state index in [1.54, 1.807) is 11.8 Å². The number of anilines is 1. The molecule has 0 spiro atoms. The molecule has 1 aliphatic carbocycles. The molecule has 2 unspecified atom stereocenters. The lowest BCUT2D eigenvalue weighted by molar-refractivity contribution is -0.0613. The van der Waals surface area contributed by atoms with Gasteiger partial charge < -0.3 is 10.0 Å². The van der Waals surface area contributed by atoms with Crippen LogP contribution in [0.25, 0.3) is 0 Å². The minimum atomic E-state index is -0.443. The van der Waals surface area contributed by atoms with Gasteiger partial charge in [0.1, 0.15) is 10.8 Å². The number of aromatic nitrogens is 2. The van der Waals surface area contributed by atoms with Gasteiger partial charge in [-0.15, -0.1) is 11.8 Å². The molecule has 25 heavy (non-hydrogen) atoms. The molecular weight excluding hydrogens is 330 g/mol. The zero-order valence-electron chi connectivity index (χ0n) is 14.5. The van der Waals surface area contributed by atoms with Crippen molar-refractivity contribution in [3.63, 3.8) is 0 Å². The molecule has 132 valence electrons. The van der Waals surface area contributed by atoms with E-state index in [0.717, 1.165) is 48.9 Å². The first kappa shape index (κ1) is 16.9. The van der Waals surface area contributed by atoms with Crippen LogP contribution in [0.3, 0.4) is 0 Å². The molecule has 1 N–H and O–H groups in total. The van der Waals surface area contributed by atoms with Crippen LogP contribution in [0.15, 0.2) is 47.8 Å². The molecule has 1 aliphatic heterocycles. The van der Waals surface area contributed by atoms with Crippen molar-refractivity contribution in [2.75, 3.05) is 18.0 Å². The standard InChI is InChI=1S/C20H25N3OS/c24-20-9-5-4-8-17(20)14-23(11-10-20)18-12-21-13-19(22-18)25-15-16-6-2-1-3-7-16/h1-3,6-7,12-13,17,24H,4-5,8-11,14-15H2. The van der Waals surface area contributed by atoms with Gasteiger partial charge in [-0.1, -0.05) is 43.2 Å². The van der Waals surface area contributed by atoms with Gasteiger partial charge in [-0.25, -0.2) is 4.98 Å². The maximum Gasteiger partial charge on any atom is 0.148 e. The topological polar surface area (TPSA) is 49.2 Å². The molecule has 1 saturated carbocycles. The Morgan fingerprint density at radius 1 is 1.16 bits per heavy atom. The molecule has 0 radical (unpaired) electrons. The molecule has 0 bridgehead atoms. The summed E-state index contributed by atoms with van der Waals surface area (Å²) >= 11 is 1.72. The molecule has 4 rings (SSSR count). The Bertz CT molecular complexity index is 711. The maximum absolute atomic E-state index is 10.9. The smallest absolute Gasteiger partial charge is 0.148 e. The SMILES string of the molecule is OC12CCCCC1CN(c1cncc(SCc3ccccc3)n1)CC2. The van der Waals surface area contributed by atoms with Crippen molar-refractivity contribution in [1.82, 2.24) is 9.97 Å². The maximum atomic E-state index is 10.9. The number of nitrogens with zero attached hydrogens (tertiary/aromatic N) is 3. The van der Waals surface area contributed by atoms with Gasteiger partial charge in [0.25, 0.3) is 0 Å². The molecule has 2 aliphatic rings. The van der Waals surface area contributed by atoms with Crippen LogP contribution in [-0.2, 0) is 5.75 Å². The fraction of sp³-hybridized carbons (Fsp3) is 0.500. The van der Waals surface area contributed by atoms with Crippen molar-refractivity contribution in [2.45, 2.75) is 48.5 Å². The van der Waals surface area contributed by atoms with E-state index in [1.807, 2.05) is 18.5 Å². The molecule has 2 atom stereocenters. The lowest BCUT2D eigenvalue weighted by Crippen LogP contribution is -2.53. The third-order valence-electron chi connectivity index (χ3n) is 5.58. The number of hydrogen-bond acceptors (Lipinski definition) is 5. The van der Waals surface area contributed by atoms with E-state index in [4.69, 9.17) is 4.98 Å². The van der Waals surface area contributed by atoms with E-state index in [1.165, 1.54) is 18.4 Å². The summed E-state index contributed by atoms with van der Waals surface area (Å²) in [6.45, 7) is 1.77. The van der Waals surface area contributed by atoms with E-state index in [-0.39, 0.29) is 0 Å². The zero-order chi connectivity index (χ0) is 17.1. The van der Waals surface area contributed by atoms with E-state index in [0.29, 0.717) is 5.92 Å². The number of fused-ring (bicyclic) bond motifs is 1. The lowest BCUT2D eigenvalue weighted by Gasteiger charge is -2.47. The molecule has 2 heterocycles. The second-order valence-electron chi connectivity index (χ2n) is 7.23. The van der Waals surface area contributed by atoms with E-state index < -0.39 is 5.60 Å². The number of piperidine rings is 1. The lowest BCUT2D eigenvalue weighted by atomic mass is 9.71. The van der Waals surface area contributed by atoms with E-state index in [2.05, 4.69) is 34.1 Å². The van der Waals surface area contributed by atoms with Crippen LogP contribution in [-0.4, -0.2) is 33.8 Å². The minimum absolute atomic E-state index is 0.373. The summed E-state index contributed by atoms with van der Waals surface area (Å²) in [5.74, 6) is 2.23. The third-order valence-corrected chi connectivity index (χ3v) is 6.55. The molecule has 2 fully saturated rings. The van der Waals surface area contributed by atoms with Gasteiger partial charge in [-0.3, -0.25) is 4.98 Å². The summed E-state index contributed by atoms with van der Waals surface area (Å²) in [7, 11) is 0. The summed E-state index contributed by atoms with van der Waals surface area (Å²) in [5, 5.41) is 11.8. The van der Waals surface area contributed by atoms with Gasteiger partial charge >= 0.3 is 0 Å². The molecule has 1 aromatic heterocycles. The fourth-order valence-electron chi connectivity index (χ4n) is 4.07. The first-order valence-electron chi connectivity index (χ1n) is 9.19. The number of thioether (sulfide) groups is 1. The highest BCUT2D eigenvalue weighted by Crippen LogP contribution is 2.40. The predicted molar refractivity (Wildman–Crippen MR) is 102 cm³/mol. The Morgan fingerprint density at radius 2 is 2.04 bits per heavy atom. The zero-order valence-corrected chi connectivity index (χ0v) is 15.3. The van der Waals surface area contributed by atoms with Gasteiger partial charge in [-0.05, 0) is 24.8 Å². The van der Waals surface area contributed by atoms with Crippen LogP contribution >= 0.6 is 11.8 Å². The fourth-order valence-corrected chi connectivity index (χ4v) is 4.87. The van der Waals surface area contributed by atoms with Crippen molar-refractivity contribution in [3.8, 4) is 0 Å². The number of aliphatic hydroxyl groups is 1. The Morgan fingerprint density at radius 3 is 2.92 bits per heavy atom. The summed E-state index contributed by atoms with van der Waals surface area (Å²) < 4.78 is 0. The monoisotopic (exact) mass is 355 g/mol. The van der Waals surface area contributed by atoms with Crippen molar-refractivity contribution >= 4 is 17.6 Å². The van der Waals surface area contributed by atoms with Crippen molar-refractivity contribution in [3.05, 3.63) is 48.3 Å². The first-order valence-corrected chi connectivity index (χ1v) is 10.2. The van der Waals surface area contributed by atoms with Crippen LogP contribution in [0.2, 0.25) is 0 Å². The van der Waals surface area contributed by atoms with E-state index >= 15 is 0 Å². The number of rotatable bonds is 4. The van der Waals surface area contributed by atoms with Gasteiger partial charge in [0.05, 0.1) is 18.0 Å². The molecule has 4 nitrogen and oxygen atoms in total. The molecule has 1 aromatic carbocycles. The largest absolute Gasteiger partial charge is 0.389 e. The highest BCUT2D eigenvalue weighted by molar-refractivity contribution is 7.98. The quantitative estimate of drug-likeness (QED) is 0.843. The Hall–Kier alpha value is -1.59. The molecule has 1 saturated heterocycles. The Labute approximate surface area is 153 Å². The van der Waals surface area contributed by atoms with Gasteiger partial charge in [0.15, 0.2) is 0 Å². The van der Waals surface area contributed by atoms with Crippen LogP contribution in [0.5, 0.6) is 0 Å². The van der Waals surface area contributed by atoms with Gasteiger partial charge in [-0.2, -0.15) is 0 Å². The molecule has 0 amide bonds. The van der Waals surface area contributed by atoms with Crippen LogP contribution < -0.4 is 4.90 Å². The molecule has 5 heteroatoms. The number of benzene rings is 1. The van der Waals surface area contributed by atoms with Gasteiger partial charge in [0.2, 0.25) is 0 Å².